The summed E-state index contributed by atoms with van der Waals surface area (Å²) in [6.45, 7) is 3.72. The molecule has 0 N–H and O–H groups in total. The minimum Gasteiger partial charge on any atom is -0.476 e. The Kier molecular flexibility index (Phi) is 4.73. The third-order valence-electron chi connectivity index (χ3n) is 4.73. The second-order valence-corrected chi connectivity index (χ2v) is 6.67. The van der Waals surface area contributed by atoms with Crippen molar-refractivity contribution in [1.82, 2.24) is 29.8 Å². The van der Waals surface area contributed by atoms with Crippen molar-refractivity contribution >= 4 is 11.5 Å². The number of hydrogen-bond acceptors (Lipinski definition) is 7. The van der Waals surface area contributed by atoms with Gasteiger partial charge in [0.05, 0.1) is 12.3 Å². The lowest BCUT2D eigenvalue weighted by Crippen LogP contribution is -2.36. The van der Waals surface area contributed by atoms with Crippen LogP contribution in [0.5, 0.6) is 5.88 Å². The SMILES string of the molecule is Cc1nccnc1OCC1CCN(c2ccc3nnc(C(F)(F)F)n3n2)CC1. The van der Waals surface area contributed by atoms with Crippen LogP contribution in [0, 0.1) is 12.8 Å². The van der Waals surface area contributed by atoms with Crippen molar-refractivity contribution in [1.29, 1.82) is 0 Å². The minimum atomic E-state index is -4.60. The fourth-order valence-electron chi connectivity index (χ4n) is 3.19. The van der Waals surface area contributed by atoms with Crippen molar-refractivity contribution in [2.24, 2.45) is 5.92 Å². The van der Waals surface area contributed by atoms with E-state index in [-0.39, 0.29) is 5.65 Å². The van der Waals surface area contributed by atoms with Crippen molar-refractivity contribution in [2.75, 3.05) is 24.6 Å². The molecule has 0 bridgehead atoms. The number of fused-ring (bicyclic) bond motifs is 1. The Bertz CT molecular complexity index is 967. The number of piperidine rings is 1. The first kappa shape index (κ1) is 18.4. The van der Waals surface area contributed by atoms with Crippen LogP contribution in [-0.2, 0) is 6.18 Å². The molecule has 11 heteroatoms. The third kappa shape index (κ3) is 3.69. The van der Waals surface area contributed by atoms with E-state index in [1.165, 1.54) is 6.07 Å². The van der Waals surface area contributed by atoms with E-state index in [1.54, 1.807) is 18.5 Å². The van der Waals surface area contributed by atoms with Crippen molar-refractivity contribution < 1.29 is 17.9 Å². The predicted molar refractivity (Wildman–Crippen MR) is 93.0 cm³/mol. The predicted octanol–water partition coefficient (Wildman–Crippen LogP) is 2.54. The summed E-state index contributed by atoms with van der Waals surface area (Å²) in [4.78, 5) is 10.3. The van der Waals surface area contributed by atoms with Gasteiger partial charge in [-0.25, -0.2) is 4.98 Å². The zero-order valence-electron chi connectivity index (χ0n) is 15.1. The molecular formula is C17H18F3N7O. The van der Waals surface area contributed by atoms with E-state index in [2.05, 4.69) is 25.3 Å². The average Bonchev–Trinajstić information content (AvgIpc) is 3.11. The molecule has 0 aromatic carbocycles. The highest BCUT2D eigenvalue weighted by atomic mass is 19.4. The number of rotatable bonds is 4. The van der Waals surface area contributed by atoms with E-state index in [9.17, 15) is 13.2 Å². The minimum absolute atomic E-state index is 0.0682. The highest BCUT2D eigenvalue weighted by Gasteiger charge is 2.37. The Morgan fingerprint density at radius 2 is 1.86 bits per heavy atom. The molecule has 3 aromatic heterocycles. The van der Waals surface area contributed by atoms with E-state index < -0.39 is 12.0 Å². The normalized spacial score (nSPS) is 15.9. The number of aromatic nitrogens is 6. The molecular weight excluding hydrogens is 375 g/mol. The van der Waals surface area contributed by atoms with Crippen LogP contribution in [0.4, 0.5) is 19.0 Å². The number of halogens is 3. The van der Waals surface area contributed by atoms with Gasteiger partial charge in [-0.2, -0.15) is 17.7 Å². The van der Waals surface area contributed by atoms with Crippen molar-refractivity contribution in [3.8, 4) is 5.88 Å². The molecule has 0 radical (unpaired) electrons. The maximum Gasteiger partial charge on any atom is 0.453 e. The topological polar surface area (TPSA) is 81.3 Å². The maximum atomic E-state index is 13.0. The molecule has 1 fully saturated rings. The second-order valence-electron chi connectivity index (χ2n) is 6.67. The summed E-state index contributed by atoms with van der Waals surface area (Å²) in [6.07, 6.45) is 0.284. The van der Waals surface area contributed by atoms with E-state index in [1.807, 2.05) is 11.8 Å². The molecule has 0 atom stereocenters. The molecule has 0 unspecified atom stereocenters. The molecule has 0 spiro atoms. The smallest absolute Gasteiger partial charge is 0.453 e. The quantitative estimate of drug-likeness (QED) is 0.674. The first-order valence-electron chi connectivity index (χ1n) is 8.87. The lowest BCUT2D eigenvalue weighted by Gasteiger charge is -2.32. The van der Waals surface area contributed by atoms with Gasteiger partial charge in [0, 0.05) is 25.5 Å². The summed E-state index contributed by atoms with van der Waals surface area (Å²) in [5, 5.41) is 10.8. The van der Waals surface area contributed by atoms with Crippen LogP contribution in [0.15, 0.2) is 24.5 Å². The van der Waals surface area contributed by atoms with Crippen molar-refractivity contribution in [3.63, 3.8) is 0 Å². The Balaban J connectivity index is 1.40. The molecule has 0 aliphatic carbocycles. The molecule has 3 aromatic rings. The molecule has 1 aliphatic heterocycles. The molecule has 0 amide bonds. The van der Waals surface area contributed by atoms with E-state index in [4.69, 9.17) is 4.74 Å². The van der Waals surface area contributed by atoms with Crippen LogP contribution in [-0.4, -0.2) is 49.5 Å². The summed E-state index contributed by atoms with van der Waals surface area (Å²) in [5.41, 5.74) is 0.811. The lowest BCUT2D eigenvalue weighted by molar-refractivity contribution is -0.146. The number of aryl methyl sites for hydroxylation is 1. The van der Waals surface area contributed by atoms with Crippen LogP contribution < -0.4 is 9.64 Å². The summed E-state index contributed by atoms with van der Waals surface area (Å²) in [7, 11) is 0. The van der Waals surface area contributed by atoms with Crippen molar-refractivity contribution in [2.45, 2.75) is 25.9 Å². The van der Waals surface area contributed by atoms with Gasteiger partial charge in [0.2, 0.25) is 5.88 Å². The van der Waals surface area contributed by atoms with Gasteiger partial charge in [0.15, 0.2) is 5.65 Å². The van der Waals surface area contributed by atoms with Crippen molar-refractivity contribution in [3.05, 3.63) is 36.0 Å². The Morgan fingerprint density at radius 1 is 1.11 bits per heavy atom. The summed E-state index contributed by atoms with van der Waals surface area (Å²) in [5.74, 6) is 0.222. The van der Waals surface area contributed by atoms with E-state index in [0.29, 0.717) is 37.3 Å². The van der Waals surface area contributed by atoms with Gasteiger partial charge in [0.25, 0.3) is 5.82 Å². The van der Waals surface area contributed by atoms with E-state index in [0.717, 1.165) is 23.1 Å². The van der Waals surface area contributed by atoms with Gasteiger partial charge in [0.1, 0.15) is 5.82 Å². The van der Waals surface area contributed by atoms with Crippen LogP contribution in [0.2, 0.25) is 0 Å². The lowest BCUT2D eigenvalue weighted by atomic mass is 9.98. The molecule has 148 valence electrons. The molecule has 1 saturated heterocycles. The summed E-state index contributed by atoms with van der Waals surface area (Å²) < 4.78 is 45.6. The van der Waals surface area contributed by atoms with Gasteiger partial charge in [-0.05, 0) is 37.8 Å². The van der Waals surface area contributed by atoms with Gasteiger partial charge in [-0.1, -0.05) is 0 Å². The molecule has 4 heterocycles. The maximum absolute atomic E-state index is 13.0. The van der Waals surface area contributed by atoms with Crippen LogP contribution in [0.3, 0.4) is 0 Å². The summed E-state index contributed by atoms with van der Waals surface area (Å²) >= 11 is 0. The summed E-state index contributed by atoms with van der Waals surface area (Å²) in [6, 6.07) is 3.17. The number of hydrogen-bond donors (Lipinski definition) is 0. The van der Waals surface area contributed by atoms with Crippen LogP contribution >= 0.6 is 0 Å². The van der Waals surface area contributed by atoms with Gasteiger partial charge < -0.3 is 9.64 Å². The standard InChI is InChI=1S/C17H18F3N7O/c1-11-15(22-7-6-21-11)28-10-12-4-8-26(9-5-12)14-3-2-13-23-24-16(17(18,19)20)27(13)25-14/h2-3,6-7,12H,4-5,8-10H2,1H3. The molecule has 28 heavy (non-hydrogen) atoms. The molecule has 8 nitrogen and oxygen atoms in total. The Labute approximate surface area is 158 Å². The molecule has 1 aliphatic rings. The highest BCUT2D eigenvalue weighted by Crippen LogP contribution is 2.28. The largest absolute Gasteiger partial charge is 0.476 e. The van der Waals surface area contributed by atoms with Gasteiger partial charge >= 0.3 is 6.18 Å². The van der Waals surface area contributed by atoms with E-state index >= 15 is 0 Å². The van der Waals surface area contributed by atoms with Gasteiger partial charge in [-0.3, -0.25) is 4.98 Å². The Morgan fingerprint density at radius 3 is 2.57 bits per heavy atom. The Hall–Kier alpha value is -2.98. The first-order valence-corrected chi connectivity index (χ1v) is 8.87. The average molecular weight is 393 g/mol. The number of ether oxygens (including phenoxy) is 1. The van der Waals surface area contributed by atoms with Crippen LogP contribution in [0.1, 0.15) is 24.4 Å². The fourth-order valence-corrected chi connectivity index (χ4v) is 3.19. The van der Waals surface area contributed by atoms with Crippen LogP contribution in [0.25, 0.3) is 5.65 Å². The second kappa shape index (κ2) is 7.21. The fraction of sp³-hybridized carbons (Fsp3) is 0.471. The zero-order valence-corrected chi connectivity index (χ0v) is 15.1. The number of alkyl halides is 3. The first-order chi connectivity index (χ1) is 13.4. The van der Waals surface area contributed by atoms with Gasteiger partial charge in [-0.15, -0.1) is 15.3 Å². The monoisotopic (exact) mass is 393 g/mol. The molecule has 4 rings (SSSR count). The highest BCUT2D eigenvalue weighted by molar-refractivity contribution is 5.46. The number of anilines is 1. The third-order valence-corrected chi connectivity index (χ3v) is 4.73. The molecule has 0 saturated carbocycles. The number of nitrogens with zero attached hydrogens (tertiary/aromatic N) is 7. The zero-order chi connectivity index (χ0) is 19.7.